The maximum atomic E-state index is 13.1. The first-order valence-electron chi connectivity index (χ1n) is 25.6. The van der Waals surface area contributed by atoms with E-state index in [1.54, 1.807) is 32.1 Å². The first-order chi connectivity index (χ1) is 40.4. The number of alkyl halides is 9. The summed E-state index contributed by atoms with van der Waals surface area (Å²) in [5.41, 5.74) is 4.47. The minimum Gasteiger partial charge on any atom is -0.406 e. The van der Waals surface area contributed by atoms with Crippen LogP contribution < -0.4 is 30.3 Å². The van der Waals surface area contributed by atoms with Crippen molar-refractivity contribution in [1.82, 2.24) is 19.2 Å². The summed E-state index contributed by atoms with van der Waals surface area (Å²) in [5, 5.41) is 8.97. The number of carbonyl (C=O) groups excluding carboxylic acids is 4. The summed E-state index contributed by atoms with van der Waals surface area (Å²) in [6, 6.07) is 17.6. The fourth-order valence-corrected chi connectivity index (χ4v) is 11.7. The molecule has 0 unspecified atom stereocenters. The van der Waals surface area contributed by atoms with Gasteiger partial charge < -0.3 is 30.3 Å². The predicted molar refractivity (Wildman–Crippen MR) is 320 cm³/mol. The summed E-state index contributed by atoms with van der Waals surface area (Å²) >= 11 is 23.8. The molecule has 0 saturated carbocycles. The lowest BCUT2D eigenvalue weighted by Gasteiger charge is -2.34. The normalized spacial score (nSPS) is 16.9. The second-order valence-electron chi connectivity index (χ2n) is 18.9. The lowest BCUT2D eigenvalue weighted by molar-refractivity contribution is -0.275. The molecule has 4 aromatic rings. The Balaban J connectivity index is 0.000000324. The molecule has 4 heterocycles. The number of nitrogens with zero attached hydrogens (tertiary/aromatic N) is 5. The van der Waals surface area contributed by atoms with E-state index < -0.39 is 82.5 Å². The zero-order valence-electron chi connectivity index (χ0n) is 47.6. The molecule has 0 bridgehead atoms. The van der Waals surface area contributed by atoms with Crippen molar-refractivity contribution in [1.29, 1.82) is 0 Å². The van der Waals surface area contributed by atoms with E-state index in [0.717, 1.165) is 63.2 Å². The van der Waals surface area contributed by atoms with Crippen molar-refractivity contribution in [3.63, 3.8) is 0 Å². The average molecular weight is 1350 g/mol. The smallest absolute Gasteiger partial charge is 0.406 e. The monoisotopic (exact) mass is 1350 g/mol. The van der Waals surface area contributed by atoms with Gasteiger partial charge in [-0.05, 0) is 182 Å². The van der Waals surface area contributed by atoms with Gasteiger partial charge in [-0.25, -0.2) is 16.8 Å². The quantitative estimate of drug-likeness (QED) is 0.0523. The van der Waals surface area contributed by atoms with Gasteiger partial charge in [-0.1, -0.05) is 24.3 Å². The number of sulfonamides is 2. The fourth-order valence-electron chi connectivity index (χ4n) is 9.26. The Labute approximate surface area is 518 Å². The molecule has 4 aromatic carbocycles. The molecule has 4 aliphatic rings. The fraction of sp³-hybridized carbons (Fsp3) is 0.370. The number of amidine groups is 2. The zero-order valence-corrected chi connectivity index (χ0v) is 52.1. The molecule has 18 nitrogen and oxygen atoms in total. The van der Waals surface area contributed by atoms with Crippen molar-refractivity contribution in [3.8, 4) is 11.5 Å². The van der Waals surface area contributed by atoms with Crippen LogP contribution in [0.15, 0.2) is 93.6 Å². The lowest BCUT2D eigenvalue weighted by Crippen LogP contribution is -2.50. The third kappa shape index (κ3) is 20.0. The van der Waals surface area contributed by atoms with Crippen LogP contribution in [0.4, 0.5) is 51.7 Å². The summed E-state index contributed by atoms with van der Waals surface area (Å²) in [6.45, 7) is 7.59. The first-order valence-corrected chi connectivity index (χ1v) is 30.1. The standard InChI is InChI=1S/C26H26ClF3N4O5S.C25H27F3N4O4S.CCl2O.CH2Cl2.CH3F/c1-16-13-19(33(3)24(27)36)14-17(2)21(16)7-12-40(37,38)34-10-8-25(9-11-34)23(35)31-22(32-25)18-5-4-6-20(15-18)39-26(28,29)30;1-16-13-19(29-3)14-17(2)21(16)7-12-37(34,35)32-10-8-24(9-11-32)23(33)30-22(31-24)18-5-4-6-20(15-18)36-25(26,27)28;2-1(3)4;2-1-3;1-2/h4-7,12-15H,8-11H2,1-3H3,(H,31,32,35);4-7,12-15,29H,8-11H2,1-3H3,(H,30,31,33);;1H2;1H3/b2*12-7+;;;/i;;;1D;. The highest BCUT2D eigenvalue weighted by atomic mass is 35.5. The first kappa shape index (κ1) is 70.7. The van der Waals surface area contributed by atoms with Crippen LogP contribution in [-0.4, -0.2) is 136 Å². The van der Waals surface area contributed by atoms with E-state index in [1.165, 1.54) is 56.3 Å². The molecule has 86 heavy (non-hydrogen) atoms. The Bertz CT molecular complexity index is 3480. The van der Waals surface area contributed by atoms with Gasteiger partial charge in [-0.15, -0.1) is 49.5 Å². The van der Waals surface area contributed by atoms with Crippen molar-refractivity contribution < 1.29 is 77.6 Å². The van der Waals surface area contributed by atoms with Crippen LogP contribution in [0.25, 0.3) is 12.2 Å². The Morgan fingerprint density at radius 1 is 0.674 bits per heavy atom. The van der Waals surface area contributed by atoms with Gasteiger partial charge in [0.25, 0.3) is 11.8 Å². The van der Waals surface area contributed by atoms with Crippen molar-refractivity contribution in [3.05, 3.63) is 128 Å². The highest BCUT2D eigenvalue weighted by molar-refractivity contribution is 7.92. The molecule has 3 N–H and O–H groups in total. The largest absolute Gasteiger partial charge is 0.573 e. The van der Waals surface area contributed by atoms with Crippen molar-refractivity contribution >= 4 is 135 Å². The molecule has 0 radical (unpaired) electrons. The highest BCUT2D eigenvalue weighted by Gasteiger charge is 2.49. The number of ether oxygens (including phenoxy) is 2. The molecule has 4 aliphatic heterocycles. The molecule has 0 atom stereocenters. The number of nitrogens with one attached hydrogen (secondary N) is 3. The number of piperidine rings is 2. The number of anilines is 2. The molecular formula is C54H58Cl5F7N8O10S2. The number of carbonyl (C=O) groups is 4. The maximum absolute atomic E-state index is 13.1. The number of halogens is 12. The molecule has 3 amide bonds. The second kappa shape index (κ2) is 30.7. The third-order valence-corrected chi connectivity index (χ3v) is 16.8. The molecule has 470 valence electrons. The number of aliphatic imine (C=N–C) groups is 2. The summed E-state index contributed by atoms with van der Waals surface area (Å²) in [6.07, 6.45) is -6.16. The van der Waals surface area contributed by atoms with Gasteiger partial charge in [0.05, 0.1) is 13.9 Å². The summed E-state index contributed by atoms with van der Waals surface area (Å²) in [7, 11) is -3.75. The SMILES string of the molecule is CF.CNc1cc(C)c(/C=C/S(=O)(=O)N2CCC3(CC2)N=C(c2cccc(OC(F)(F)F)c2)NC3=O)c(C)c1.Cc1cc(N(C)C(=O)Cl)cc(C)c1/C=C/S(=O)(=O)N1CCC2(CC1)N=C(c1cccc(OC(F)(F)F)c1)NC2=O.O=C(Cl)Cl.[2H]C(Cl)Cl. The van der Waals surface area contributed by atoms with Crippen LogP contribution >= 0.6 is 58.0 Å². The number of rotatable bonds is 12. The molecule has 32 heteroatoms. The number of hydrogen-bond donors (Lipinski definition) is 3. The summed E-state index contributed by atoms with van der Waals surface area (Å²) < 4.78 is 153. The molecule has 2 spiro atoms. The molecule has 2 saturated heterocycles. The van der Waals surface area contributed by atoms with Crippen LogP contribution in [0.2, 0.25) is 0 Å². The van der Waals surface area contributed by atoms with Gasteiger partial charge in [-0.2, -0.15) is 8.61 Å². The summed E-state index contributed by atoms with van der Waals surface area (Å²) in [5.74, 6) is -1.50. The van der Waals surface area contributed by atoms with Gasteiger partial charge in [0, 0.05) is 73.6 Å². The molecule has 2 fully saturated rings. The van der Waals surface area contributed by atoms with E-state index in [9.17, 15) is 62.0 Å². The van der Waals surface area contributed by atoms with Crippen LogP contribution in [0.3, 0.4) is 0 Å². The van der Waals surface area contributed by atoms with E-state index in [2.05, 4.69) is 58.6 Å². The van der Waals surface area contributed by atoms with Crippen LogP contribution in [0.5, 0.6) is 11.5 Å². The Morgan fingerprint density at radius 3 is 1.30 bits per heavy atom. The Morgan fingerprint density at radius 2 is 1.00 bits per heavy atom. The minimum absolute atomic E-state index is 0.0215. The Kier molecular flexibility index (Phi) is 25.3. The van der Waals surface area contributed by atoms with E-state index in [1.807, 2.05) is 33.0 Å². The molecule has 0 aliphatic carbocycles. The van der Waals surface area contributed by atoms with Crippen molar-refractivity contribution in [2.24, 2.45) is 9.98 Å². The molecular weight excluding hydrogens is 1300 g/mol. The number of aryl methyl sites for hydroxylation is 4. The lowest BCUT2D eigenvalue weighted by atomic mass is 9.89. The van der Waals surface area contributed by atoms with Crippen molar-refractivity contribution in [2.45, 2.75) is 77.2 Å². The van der Waals surface area contributed by atoms with E-state index in [-0.39, 0.29) is 74.7 Å². The van der Waals surface area contributed by atoms with Crippen LogP contribution in [0, 0.1) is 27.7 Å². The van der Waals surface area contributed by atoms with E-state index in [0.29, 0.717) is 18.4 Å². The topological polar surface area (TPSA) is 226 Å². The predicted octanol–water partition coefficient (Wildman–Crippen LogP) is 12.3. The zero-order chi connectivity index (χ0) is 65.6. The van der Waals surface area contributed by atoms with Gasteiger partial charge in [0.2, 0.25) is 20.0 Å². The second-order valence-corrected chi connectivity index (χ2v) is 24.4. The van der Waals surface area contributed by atoms with Gasteiger partial charge in [-0.3, -0.25) is 33.6 Å². The molecule has 0 aromatic heterocycles. The summed E-state index contributed by atoms with van der Waals surface area (Å²) in [4.78, 5) is 56.4. The van der Waals surface area contributed by atoms with Crippen LogP contribution in [-0.2, 0) is 29.6 Å². The number of benzene rings is 4. The van der Waals surface area contributed by atoms with Gasteiger partial charge in [0.15, 0.2) is 0 Å². The number of amides is 3. The average Bonchev–Trinajstić information content (AvgIpc) is 1.83. The minimum atomic E-state index is -4.87. The Hall–Kier alpha value is -6.04. The van der Waals surface area contributed by atoms with Gasteiger partial charge >= 0.3 is 22.8 Å². The van der Waals surface area contributed by atoms with Gasteiger partial charge in [0.1, 0.15) is 34.2 Å². The maximum Gasteiger partial charge on any atom is 0.573 e. The van der Waals surface area contributed by atoms with E-state index >= 15 is 0 Å². The third-order valence-electron chi connectivity index (χ3n) is 13.4. The highest BCUT2D eigenvalue weighted by Crippen LogP contribution is 2.36. The number of hydrogen-bond acceptors (Lipinski definition) is 13. The molecule has 8 rings (SSSR count). The van der Waals surface area contributed by atoms with Crippen molar-refractivity contribution in [2.75, 3.05) is 63.0 Å². The van der Waals surface area contributed by atoms with E-state index in [4.69, 9.17) is 41.0 Å². The van der Waals surface area contributed by atoms with Crippen LogP contribution in [0.1, 0.15) is 71.6 Å².